The maximum Gasteiger partial charge on any atom is 0.135 e. The highest BCUT2D eigenvalue weighted by Gasteiger charge is 2.22. The van der Waals surface area contributed by atoms with Gasteiger partial charge in [-0.05, 0) is 88.4 Å². The SMILES string of the molecule is C=C(C1=CCC(c2ccc3oc4ccccc4c3c2)C=C1)C1=C(/C(=C2/C=CC=CC2)c2ccccc2)CCC=C1. The first-order chi connectivity index (χ1) is 19.8. The van der Waals surface area contributed by atoms with Crippen molar-refractivity contribution < 1.29 is 4.42 Å². The Morgan fingerprint density at radius 1 is 0.800 bits per heavy atom. The van der Waals surface area contributed by atoms with Gasteiger partial charge < -0.3 is 4.42 Å². The Kier molecular flexibility index (Phi) is 6.42. The van der Waals surface area contributed by atoms with Crippen molar-refractivity contribution in [3.05, 3.63) is 173 Å². The molecular weight excluding hydrogens is 484 g/mol. The molecule has 0 N–H and O–H groups in total. The van der Waals surface area contributed by atoms with Crippen molar-refractivity contribution in [1.29, 1.82) is 0 Å². The smallest absolute Gasteiger partial charge is 0.135 e. The molecule has 3 aliphatic carbocycles. The van der Waals surface area contributed by atoms with Crippen molar-refractivity contribution in [3.8, 4) is 0 Å². The summed E-state index contributed by atoms with van der Waals surface area (Å²) in [5, 5.41) is 2.37. The van der Waals surface area contributed by atoms with Gasteiger partial charge in [0.2, 0.25) is 0 Å². The monoisotopic (exact) mass is 516 g/mol. The number of hydrogen-bond donors (Lipinski definition) is 0. The molecule has 3 aliphatic rings. The normalized spacial score (nSPS) is 19.9. The van der Waals surface area contributed by atoms with Crippen LogP contribution in [0.4, 0.5) is 0 Å². The lowest BCUT2D eigenvalue weighted by atomic mass is 9.79. The number of fused-ring (bicyclic) bond motifs is 3. The van der Waals surface area contributed by atoms with Crippen molar-refractivity contribution in [2.45, 2.75) is 31.6 Å². The van der Waals surface area contributed by atoms with Gasteiger partial charge in [-0.25, -0.2) is 0 Å². The van der Waals surface area contributed by atoms with Crippen LogP contribution < -0.4 is 0 Å². The lowest BCUT2D eigenvalue weighted by molar-refractivity contribution is 0.668. The lowest BCUT2D eigenvalue weighted by Gasteiger charge is -2.25. The van der Waals surface area contributed by atoms with Crippen LogP contribution in [0.25, 0.3) is 27.5 Å². The molecule has 194 valence electrons. The number of benzene rings is 3. The Hall–Kier alpha value is -4.62. The third-order valence-corrected chi connectivity index (χ3v) is 8.34. The Morgan fingerprint density at radius 3 is 2.48 bits per heavy atom. The van der Waals surface area contributed by atoms with E-state index in [1.54, 1.807) is 0 Å². The fourth-order valence-electron chi connectivity index (χ4n) is 6.28. The van der Waals surface area contributed by atoms with Crippen molar-refractivity contribution in [2.75, 3.05) is 0 Å². The summed E-state index contributed by atoms with van der Waals surface area (Å²) in [5.41, 5.74) is 12.2. The fraction of sp³-hybridized carbons (Fsp3) is 0.128. The van der Waals surface area contributed by atoms with Crippen molar-refractivity contribution in [2.24, 2.45) is 0 Å². The first kappa shape index (κ1) is 24.4. The van der Waals surface area contributed by atoms with Gasteiger partial charge in [-0.3, -0.25) is 0 Å². The van der Waals surface area contributed by atoms with E-state index in [1.165, 1.54) is 49.8 Å². The lowest BCUT2D eigenvalue weighted by Crippen LogP contribution is -2.06. The second kappa shape index (κ2) is 10.5. The molecule has 0 aliphatic heterocycles. The van der Waals surface area contributed by atoms with Gasteiger partial charge in [0.05, 0.1) is 0 Å². The average Bonchev–Trinajstić information content (AvgIpc) is 3.40. The molecule has 1 heteroatoms. The van der Waals surface area contributed by atoms with Crippen molar-refractivity contribution in [3.63, 3.8) is 0 Å². The third-order valence-electron chi connectivity index (χ3n) is 8.34. The average molecular weight is 517 g/mol. The molecule has 40 heavy (non-hydrogen) atoms. The Labute approximate surface area is 236 Å². The molecule has 7 rings (SSSR count). The Balaban J connectivity index is 1.21. The van der Waals surface area contributed by atoms with E-state index in [2.05, 4.69) is 122 Å². The van der Waals surface area contributed by atoms with E-state index in [9.17, 15) is 0 Å². The molecule has 1 heterocycles. The van der Waals surface area contributed by atoms with Crippen LogP contribution in [0.1, 0.15) is 42.7 Å². The minimum atomic E-state index is 0.339. The maximum atomic E-state index is 6.05. The van der Waals surface area contributed by atoms with Gasteiger partial charge in [0.25, 0.3) is 0 Å². The third kappa shape index (κ3) is 4.48. The molecule has 1 atom stereocenters. The van der Waals surface area contributed by atoms with Crippen molar-refractivity contribution >= 4 is 27.5 Å². The van der Waals surface area contributed by atoms with Crippen LogP contribution in [0.3, 0.4) is 0 Å². The van der Waals surface area contributed by atoms with E-state index >= 15 is 0 Å². The molecule has 4 aromatic rings. The molecule has 0 fully saturated rings. The zero-order chi connectivity index (χ0) is 26.9. The van der Waals surface area contributed by atoms with Crippen LogP contribution in [0.5, 0.6) is 0 Å². The molecule has 1 nitrogen and oxygen atoms in total. The summed E-state index contributed by atoms with van der Waals surface area (Å²) in [6, 6.07) is 25.8. The van der Waals surface area contributed by atoms with E-state index in [-0.39, 0.29) is 0 Å². The van der Waals surface area contributed by atoms with Gasteiger partial charge >= 0.3 is 0 Å². The van der Waals surface area contributed by atoms with E-state index in [0.29, 0.717) is 5.92 Å². The summed E-state index contributed by atoms with van der Waals surface area (Å²) < 4.78 is 6.05. The standard InChI is InChI=1S/C39H32O/c1-27(33-16-8-9-18-35(33)39(30-12-4-2-5-13-30)31-14-6-3-7-15-31)28-20-22-29(23-21-28)32-24-25-38-36(26-32)34-17-10-11-19-37(34)40-38/h2-8,10-14,16-17,19-22,24-26,29H,1,9,15,18,23H2/b39-31-. The topological polar surface area (TPSA) is 13.1 Å². The predicted molar refractivity (Wildman–Crippen MR) is 169 cm³/mol. The minimum absolute atomic E-state index is 0.339. The van der Waals surface area contributed by atoms with Gasteiger partial charge in [0, 0.05) is 16.7 Å². The molecule has 1 unspecified atom stereocenters. The number of rotatable bonds is 5. The molecule has 1 aromatic heterocycles. The number of para-hydroxylation sites is 1. The molecule has 0 amide bonds. The highest BCUT2D eigenvalue weighted by Crippen LogP contribution is 2.41. The molecule has 0 saturated carbocycles. The first-order valence-corrected chi connectivity index (χ1v) is 14.3. The van der Waals surface area contributed by atoms with Gasteiger partial charge in [-0.15, -0.1) is 0 Å². The maximum absolute atomic E-state index is 6.05. The van der Waals surface area contributed by atoms with E-state index in [1.807, 2.05) is 12.1 Å². The number of allylic oxidation sites excluding steroid dienone is 15. The summed E-state index contributed by atoms with van der Waals surface area (Å²) in [6.07, 6.45) is 24.4. The molecule has 0 radical (unpaired) electrons. The van der Waals surface area contributed by atoms with Crippen LogP contribution in [-0.4, -0.2) is 0 Å². The van der Waals surface area contributed by atoms with Gasteiger partial charge in [-0.2, -0.15) is 0 Å². The summed E-state index contributed by atoms with van der Waals surface area (Å²) in [6.45, 7) is 4.64. The van der Waals surface area contributed by atoms with Gasteiger partial charge in [0.1, 0.15) is 11.2 Å². The summed E-state index contributed by atoms with van der Waals surface area (Å²) in [4.78, 5) is 0. The Bertz CT molecular complexity index is 1840. The largest absolute Gasteiger partial charge is 0.456 e. The van der Waals surface area contributed by atoms with E-state index < -0.39 is 0 Å². The Morgan fingerprint density at radius 2 is 1.65 bits per heavy atom. The second-order valence-electron chi connectivity index (χ2n) is 10.8. The zero-order valence-electron chi connectivity index (χ0n) is 22.6. The molecule has 3 aromatic carbocycles. The molecular formula is C39H32O. The number of furan rings is 1. The summed E-state index contributed by atoms with van der Waals surface area (Å²) >= 11 is 0. The quantitative estimate of drug-likeness (QED) is 0.257. The summed E-state index contributed by atoms with van der Waals surface area (Å²) in [5.74, 6) is 0.339. The highest BCUT2D eigenvalue weighted by molar-refractivity contribution is 6.05. The first-order valence-electron chi connectivity index (χ1n) is 14.3. The van der Waals surface area contributed by atoms with E-state index in [4.69, 9.17) is 4.42 Å². The second-order valence-corrected chi connectivity index (χ2v) is 10.8. The molecule has 0 spiro atoms. The zero-order valence-corrected chi connectivity index (χ0v) is 22.6. The van der Waals surface area contributed by atoms with Crippen LogP contribution in [0.15, 0.2) is 166 Å². The summed E-state index contributed by atoms with van der Waals surface area (Å²) in [7, 11) is 0. The van der Waals surface area contributed by atoms with Crippen LogP contribution >= 0.6 is 0 Å². The molecule has 0 saturated heterocycles. The van der Waals surface area contributed by atoms with Crippen LogP contribution in [-0.2, 0) is 0 Å². The van der Waals surface area contributed by atoms with E-state index in [0.717, 1.165) is 42.4 Å². The van der Waals surface area contributed by atoms with Crippen molar-refractivity contribution in [1.82, 2.24) is 0 Å². The van der Waals surface area contributed by atoms with Crippen LogP contribution in [0, 0.1) is 0 Å². The number of hydrogen-bond acceptors (Lipinski definition) is 1. The molecule has 0 bridgehead atoms. The highest BCUT2D eigenvalue weighted by atomic mass is 16.3. The predicted octanol–water partition coefficient (Wildman–Crippen LogP) is 10.7. The fourth-order valence-corrected chi connectivity index (χ4v) is 6.28. The minimum Gasteiger partial charge on any atom is -0.456 e. The van der Waals surface area contributed by atoms with Gasteiger partial charge in [-0.1, -0.05) is 116 Å². The van der Waals surface area contributed by atoms with Gasteiger partial charge in [0.15, 0.2) is 0 Å². The van der Waals surface area contributed by atoms with Crippen LogP contribution in [0.2, 0.25) is 0 Å².